The molecule has 4 aliphatic rings. The van der Waals surface area contributed by atoms with E-state index in [0.29, 0.717) is 0 Å². The monoisotopic (exact) mass is 1910 g/mol. The van der Waals surface area contributed by atoms with Crippen molar-refractivity contribution in [1.82, 2.24) is 48.2 Å². The second-order valence-corrected chi connectivity index (χ2v) is 38.9. The molecule has 14 heteroatoms. The summed E-state index contributed by atoms with van der Waals surface area (Å²) in [6, 6.07) is 159. The molecule has 14 heterocycles. The second-order valence-electron chi connectivity index (χ2n) is 38.9. The van der Waals surface area contributed by atoms with E-state index in [4.69, 9.17) is 14.4 Å². The Morgan fingerprint density at radius 1 is 0.208 bits per heavy atom. The Labute approximate surface area is 858 Å². The lowest BCUT2D eigenvalue weighted by atomic mass is 9.83. The maximum absolute atomic E-state index is 6.39. The summed E-state index contributed by atoms with van der Waals surface area (Å²) in [4.78, 5) is 35.0. The molecule has 16 aromatic carbocycles. The molecule has 27 aromatic rings. The minimum atomic E-state index is -0.199. The molecule has 0 N–H and O–H groups in total. The Balaban J connectivity index is 0.000000107. The molecule has 0 saturated heterocycles. The van der Waals surface area contributed by atoms with Gasteiger partial charge >= 0.3 is 0 Å². The van der Waals surface area contributed by atoms with Crippen molar-refractivity contribution in [3.8, 4) is 135 Å². The van der Waals surface area contributed by atoms with Crippen molar-refractivity contribution in [2.75, 3.05) is 14.7 Å². The molecule has 700 valence electrons. The Kier molecular flexibility index (Phi) is 20.0. The summed E-state index contributed by atoms with van der Waals surface area (Å²) >= 11 is 0. The Hall–Kier alpha value is -20.0. The van der Waals surface area contributed by atoms with Gasteiger partial charge in [-0.3, -0.25) is 29.9 Å². The molecule has 0 spiro atoms. The molecule has 3 aliphatic heterocycles. The molecular formula is C135H89N13O. The fourth-order valence-corrected chi connectivity index (χ4v) is 23.9. The molecule has 0 fully saturated rings. The number of furan rings is 1. The highest BCUT2D eigenvalue weighted by Crippen LogP contribution is 2.61. The van der Waals surface area contributed by atoms with E-state index in [1.165, 1.54) is 105 Å². The van der Waals surface area contributed by atoms with E-state index in [9.17, 15) is 0 Å². The average Bonchev–Trinajstić information content (AvgIpc) is 1.55. The molecule has 0 atom stereocenters. The number of benzene rings is 16. The highest BCUT2D eigenvalue weighted by atomic mass is 16.3. The van der Waals surface area contributed by atoms with Crippen LogP contribution < -0.4 is 14.7 Å². The molecular weight excluding hydrogens is 1820 g/mol. The van der Waals surface area contributed by atoms with Crippen molar-refractivity contribution in [3.63, 3.8) is 0 Å². The third kappa shape index (κ3) is 13.6. The molecule has 11 aromatic heterocycles. The first-order chi connectivity index (χ1) is 73.8. The van der Waals surface area contributed by atoms with Gasteiger partial charge in [0.15, 0.2) is 0 Å². The Morgan fingerprint density at radius 3 is 1.06 bits per heavy atom. The van der Waals surface area contributed by atoms with Crippen molar-refractivity contribution >= 4 is 128 Å². The van der Waals surface area contributed by atoms with E-state index in [1.807, 2.05) is 67.9 Å². The zero-order valence-corrected chi connectivity index (χ0v) is 81.1. The largest absolute Gasteiger partial charge is 0.455 e. The summed E-state index contributed by atoms with van der Waals surface area (Å²) in [6.45, 7) is 4.56. The number of aromatic nitrogens is 10. The van der Waals surface area contributed by atoms with Crippen molar-refractivity contribution in [1.29, 1.82) is 0 Å². The van der Waals surface area contributed by atoms with Crippen LogP contribution in [0.3, 0.4) is 0 Å². The van der Waals surface area contributed by atoms with Gasteiger partial charge < -0.3 is 37.4 Å². The third-order valence-corrected chi connectivity index (χ3v) is 30.3. The number of nitrogens with zero attached hydrogens (tertiary/aromatic N) is 13. The van der Waals surface area contributed by atoms with E-state index in [2.05, 4.69) is 497 Å². The topological polar surface area (TPSA) is 120 Å². The molecule has 0 amide bonds. The molecule has 14 nitrogen and oxygen atoms in total. The minimum absolute atomic E-state index is 0.199. The maximum atomic E-state index is 6.39. The lowest BCUT2D eigenvalue weighted by Gasteiger charge is -2.29. The predicted octanol–water partition coefficient (Wildman–Crippen LogP) is 34.9. The van der Waals surface area contributed by atoms with Gasteiger partial charge in [-0.15, -0.1) is 0 Å². The number of fused-ring (bicyclic) bond motifs is 30. The first-order valence-corrected chi connectivity index (χ1v) is 50.5. The van der Waals surface area contributed by atoms with Crippen LogP contribution >= 0.6 is 0 Å². The van der Waals surface area contributed by atoms with Crippen LogP contribution in [-0.4, -0.2) is 48.2 Å². The first kappa shape index (κ1) is 85.8. The summed E-state index contributed by atoms with van der Waals surface area (Å²) < 4.78 is 16.0. The SMILES string of the molecule is CC1(C)c2cccnc2-c2ncc(N3c4ccccc4-c4c(n(-c5ccccc5)c5ccccc45)-c4ccccc43)cc21.c1ccc(-c2cc(-c3cccc(N4c5ccccc5-c5c(n(-c6ccccc6)c6ccccc56)-c5ccccc54)c3)cc(-n3c4ccncc4c4cnccc43)c2)cc1.c1ccc(-n2c3c(c4ccccc42)-c2ccccc2N(c2cccc(-c4cncc5c4oc4ccncc45)c2)c2ccccc2-3)cc1. The Bertz CT molecular complexity index is 10000. The highest BCUT2D eigenvalue weighted by molar-refractivity contribution is 6.18. The molecule has 1 aliphatic carbocycles. The molecule has 0 bridgehead atoms. The van der Waals surface area contributed by atoms with Gasteiger partial charge in [-0.05, 0) is 203 Å². The number of hydrogen-bond donors (Lipinski definition) is 0. The number of anilines is 9. The van der Waals surface area contributed by atoms with Gasteiger partial charge in [0.05, 0.1) is 102 Å². The predicted molar refractivity (Wildman–Crippen MR) is 609 cm³/mol. The maximum Gasteiger partial charge on any atom is 0.146 e. The second kappa shape index (κ2) is 34.7. The highest BCUT2D eigenvalue weighted by Gasteiger charge is 2.41. The zero-order valence-electron chi connectivity index (χ0n) is 81.1. The number of rotatable bonds is 10. The fraction of sp³-hybridized carbons (Fsp3) is 0.0222. The quantitative estimate of drug-likeness (QED) is 0.131. The summed E-state index contributed by atoms with van der Waals surface area (Å²) in [5.74, 6) is 0. The van der Waals surface area contributed by atoms with E-state index >= 15 is 0 Å². The average molecular weight is 1910 g/mol. The molecule has 149 heavy (non-hydrogen) atoms. The molecule has 0 saturated carbocycles. The van der Waals surface area contributed by atoms with Crippen LogP contribution in [-0.2, 0) is 5.41 Å². The van der Waals surface area contributed by atoms with Crippen molar-refractivity contribution in [2.45, 2.75) is 19.3 Å². The van der Waals surface area contributed by atoms with Crippen molar-refractivity contribution < 1.29 is 4.42 Å². The van der Waals surface area contributed by atoms with Gasteiger partial charge in [0.2, 0.25) is 0 Å². The summed E-state index contributed by atoms with van der Waals surface area (Å²) in [5, 5.41) is 7.77. The minimum Gasteiger partial charge on any atom is -0.455 e. The van der Waals surface area contributed by atoms with Gasteiger partial charge in [0.25, 0.3) is 0 Å². The van der Waals surface area contributed by atoms with Crippen LogP contribution in [0, 0.1) is 0 Å². The van der Waals surface area contributed by atoms with E-state index in [1.54, 1.807) is 6.20 Å². The van der Waals surface area contributed by atoms with E-state index in [0.717, 1.165) is 168 Å². The van der Waals surface area contributed by atoms with Crippen LogP contribution in [0.5, 0.6) is 0 Å². The van der Waals surface area contributed by atoms with Gasteiger partial charge in [0, 0.05) is 189 Å². The van der Waals surface area contributed by atoms with Gasteiger partial charge in [-0.2, -0.15) is 0 Å². The lowest BCUT2D eigenvalue weighted by Crippen LogP contribution is -2.17. The van der Waals surface area contributed by atoms with Crippen LogP contribution in [0.1, 0.15) is 25.0 Å². The number of pyridine rings is 6. The van der Waals surface area contributed by atoms with Gasteiger partial charge in [-0.1, -0.05) is 293 Å². The molecule has 0 unspecified atom stereocenters. The normalized spacial score (nSPS) is 12.6. The van der Waals surface area contributed by atoms with E-state index in [-0.39, 0.29) is 5.41 Å². The molecule has 31 rings (SSSR count). The van der Waals surface area contributed by atoms with Crippen LogP contribution in [0.4, 0.5) is 51.2 Å². The summed E-state index contributed by atoms with van der Waals surface area (Å²) in [7, 11) is 0. The van der Waals surface area contributed by atoms with E-state index < -0.39 is 0 Å². The number of para-hydroxylation sites is 12. The first-order valence-electron chi connectivity index (χ1n) is 50.5. The molecule has 0 radical (unpaired) electrons. The van der Waals surface area contributed by atoms with Gasteiger partial charge in [0.1, 0.15) is 11.2 Å². The summed E-state index contributed by atoms with van der Waals surface area (Å²) in [5.41, 5.74) is 46.9. The smallest absolute Gasteiger partial charge is 0.146 e. The van der Waals surface area contributed by atoms with Crippen molar-refractivity contribution in [3.05, 3.63) is 516 Å². The Morgan fingerprint density at radius 2 is 0.570 bits per heavy atom. The zero-order chi connectivity index (χ0) is 98.5. The fourth-order valence-electron chi connectivity index (χ4n) is 23.9. The van der Waals surface area contributed by atoms with Crippen molar-refractivity contribution in [2.24, 2.45) is 0 Å². The number of hydrogen-bond acceptors (Lipinski definition) is 10. The lowest BCUT2D eigenvalue weighted by molar-refractivity contribution is 0.658. The standard InChI is InChI=1S/C54H35N5.C42H26N4O.C39H28N4/c1-3-14-36(15-4-1)38-30-39(33-42(32-38)58-51-26-28-55-34-46(51)47-35-56-29-27-52(47)58)37-16-13-19-41(31-37)57-48-23-10-7-20-43(48)53-44-21-8-11-24-49(44)59(40-17-5-2-6-18-40)54(53)45-22-9-12-25-50(45)57;1-2-12-28(13-3-1)46-37-19-8-5-16-31(37)40-30-15-4-7-18-36(30)45(38-20-9-6-17-32(38)41(40)46)29-14-10-11-27(23-29)33-24-44-26-35-34-25-43-22-21-39(34)47-42(33)35;1-39(2)30-18-12-22-40-36(30)37-31(39)23-26(24-41-37)42-32-19-9-6-15-27(32)35-28-16-7-10-20-33(28)43(25-13-4-3-5-14-25)38(35)29-17-8-11-21-34(29)42/h1-35H;1-26H;3-24H,1-2H3. The van der Waals surface area contributed by atoms with Crippen LogP contribution in [0.15, 0.2) is 509 Å². The van der Waals surface area contributed by atoms with Gasteiger partial charge in [-0.25, -0.2) is 0 Å². The van der Waals surface area contributed by atoms with Crippen LogP contribution in [0.2, 0.25) is 0 Å². The third-order valence-electron chi connectivity index (χ3n) is 30.3. The van der Waals surface area contributed by atoms with Crippen LogP contribution in [0.25, 0.3) is 211 Å². The summed E-state index contributed by atoms with van der Waals surface area (Å²) in [6.07, 6.45) is 18.9.